The smallest absolute Gasteiger partial charge is 0.249 e. The van der Waals surface area contributed by atoms with Crippen molar-refractivity contribution in [2.75, 3.05) is 6.54 Å². The van der Waals surface area contributed by atoms with Gasteiger partial charge in [-0.15, -0.1) is 0 Å². The van der Waals surface area contributed by atoms with Crippen LogP contribution in [0.3, 0.4) is 0 Å². The maximum absolute atomic E-state index is 12.0. The zero-order chi connectivity index (χ0) is 17.8. The van der Waals surface area contributed by atoms with Crippen molar-refractivity contribution >= 4 is 17.8 Å². The number of nitrogens with one attached hydrogen (secondary N) is 2. The van der Waals surface area contributed by atoms with E-state index in [0.29, 0.717) is 11.5 Å². The molecule has 0 spiro atoms. The van der Waals surface area contributed by atoms with Gasteiger partial charge in [-0.2, -0.15) is 0 Å². The van der Waals surface area contributed by atoms with Gasteiger partial charge in [-0.05, 0) is 47.9 Å². The molecule has 3 rings (SSSR count). The second-order valence-corrected chi connectivity index (χ2v) is 6.30. The number of hydrogen-bond acceptors (Lipinski definition) is 5. The van der Waals surface area contributed by atoms with Crippen LogP contribution in [0, 0.1) is 11.8 Å². The fraction of sp³-hybridized carbons (Fsp3) is 0.438. The number of carbonyl (C=O) groups is 2. The van der Waals surface area contributed by atoms with Crippen LogP contribution in [-0.4, -0.2) is 30.5 Å². The quantitative estimate of drug-likeness (QED) is 0.427. The van der Waals surface area contributed by atoms with Crippen molar-refractivity contribution in [1.82, 2.24) is 10.6 Å². The summed E-state index contributed by atoms with van der Waals surface area (Å²) < 4.78 is 0. The molecule has 1 saturated heterocycles. The highest BCUT2D eigenvalue weighted by atomic mass is 16.2. The molecule has 2 amide bonds. The molecule has 0 aliphatic carbocycles. The van der Waals surface area contributed by atoms with Crippen LogP contribution >= 0.6 is 0 Å². The highest BCUT2D eigenvalue weighted by Gasteiger charge is 2.37. The number of aliphatic imine (C=N–C) groups is 1. The number of amides is 2. The predicted molar refractivity (Wildman–Crippen MR) is 91.4 cm³/mol. The van der Waals surface area contributed by atoms with Crippen LogP contribution in [0.25, 0.3) is 10.4 Å². The first kappa shape index (κ1) is 16.9. The van der Waals surface area contributed by atoms with E-state index in [1.165, 1.54) is 0 Å². The zero-order valence-electron chi connectivity index (χ0n) is 13.6. The van der Waals surface area contributed by atoms with Crippen LogP contribution in [0.2, 0.25) is 0 Å². The molecule has 1 aromatic rings. The fourth-order valence-electron chi connectivity index (χ4n) is 3.29. The Bertz CT molecular complexity index is 752. The van der Waals surface area contributed by atoms with Gasteiger partial charge in [-0.3, -0.25) is 20.2 Å². The topological polar surface area (TPSA) is 145 Å². The fourth-order valence-corrected chi connectivity index (χ4v) is 3.29. The Morgan fingerprint density at radius 3 is 2.88 bits per heavy atom. The molecular weight excluding hydrogens is 322 g/mol. The third kappa shape index (κ3) is 3.96. The Kier molecular flexibility index (Phi) is 4.97. The molecule has 0 aromatic heterocycles. The van der Waals surface area contributed by atoms with Gasteiger partial charge in [-0.25, -0.2) is 4.99 Å². The van der Waals surface area contributed by atoms with E-state index >= 15 is 0 Å². The van der Waals surface area contributed by atoms with E-state index in [4.69, 9.17) is 11.3 Å². The highest BCUT2D eigenvalue weighted by molar-refractivity contribution is 5.99. The molecule has 1 aromatic carbocycles. The maximum Gasteiger partial charge on any atom is 0.249 e. The molecule has 9 nitrogen and oxygen atoms in total. The number of fused-ring (bicyclic) bond motifs is 1. The number of aryl methyl sites for hydroxylation is 1. The molecular formula is C16H19N7O2. The average molecular weight is 341 g/mol. The first-order valence-corrected chi connectivity index (χ1v) is 8.12. The van der Waals surface area contributed by atoms with Gasteiger partial charge in [0.25, 0.3) is 0 Å². The first-order chi connectivity index (χ1) is 12.1. The number of carbonyl (C=O) groups excluding carboxylic acids is 2. The summed E-state index contributed by atoms with van der Waals surface area (Å²) in [4.78, 5) is 30.2. The standard InChI is InChI=1S/C16H19N7O2/c17-16-20-13-12(15(25)21-16)7-10(8-19-13)2-1-9-3-5-11(6-4-9)14(24)22-23-18/h3-6,10,12-13,19H,1-2,7-8H2,(H3,17,20,21,25)/t10-,12?,13?/m0/s1. The summed E-state index contributed by atoms with van der Waals surface area (Å²) in [6.07, 6.45) is 2.31. The summed E-state index contributed by atoms with van der Waals surface area (Å²) in [5, 5.41) is 8.94. The molecule has 2 aliphatic heterocycles. The van der Waals surface area contributed by atoms with E-state index in [2.05, 4.69) is 25.7 Å². The van der Waals surface area contributed by atoms with Crippen LogP contribution in [0.4, 0.5) is 0 Å². The lowest BCUT2D eigenvalue weighted by Crippen LogP contribution is -2.57. The number of piperidine rings is 1. The van der Waals surface area contributed by atoms with Crippen LogP contribution < -0.4 is 16.4 Å². The molecule has 4 N–H and O–H groups in total. The Morgan fingerprint density at radius 2 is 2.16 bits per heavy atom. The lowest BCUT2D eigenvalue weighted by molar-refractivity contribution is -0.126. The third-order valence-electron chi connectivity index (χ3n) is 4.63. The minimum atomic E-state index is -0.584. The summed E-state index contributed by atoms with van der Waals surface area (Å²) in [5.74, 6) is -0.302. The van der Waals surface area contributed by atoms with E-state index in [0.717, 1.165) is 31.4 Å². The average Bonchev–Trinajstić information content (AvgIpc) is 2.61. The van der Waals surface area contributed by atoms with Gasteiger partial charge >= 0.3 is 0 Å². The van der Waals surface area contributed by atoms with Gasteiger partial charge in [0.15, 0.2) is 5.96 Å². The van der Waals surface area contributed by atoms with Crippen molar-refractivity contribution in [3.8, 4) is 0 Å². The van der Waals surface area contributed by atoms with Gasteiger partial charge in [0, 0.05) is 10.5 Å². The number of guanidine groups is 1. The minimum Gasteiger partial charge on any atom is -0.370 e. The van der Waals surface area contributed by atoms with Gasteiger partial charge in [0.1, 0.15) is 6.17 Å². The van der Waals surface area contributed by atoms with E-state index < -0.39 is 5.91 Å². The van der Waals surface area contributed by atoms with E-state index in [1.54, 1.807) is 12.1 Å². The van der Waals surface area contributed by atoms with Crippen molar-refractivity contribution in [3.05, 3.63) is 45.8 Å². The first-order valence-electron chi connectivity index (χ1n) is 8.12. The monoisotopic (exact) mass is 341 g/mol. The number of hydrogen-bond donors (Lipinski definition) is 3. The molecule has 0 saturated carbocycles. The summed E-state index contributed by atoms with van der Waals surface area (Å²) >= 11 is 0. The number of azide groups is 1. The van der Waals surface area contributed by atoms with E-state index in [1.807, 2.05) is 12.1 Å². The van der Waals surface area contributed by atoms with Gasteiger partial charge in [0.2, 0.25) is 11.8 Å². The van der Waals surface area contributed by atoms with Crippen molar-refractivity contribution in [2.45, 2.75) is 25.4 Å². The molecule has 2 aliphatic rings. The second kappa shape index (κ2) is 7.33. The summed E-state index contributed by atoms with van der Waals surface area (Å²) in [6.45, 7) is 0.790. The largest absolute Gasteiger partial charge is 0.370 e. The normalized spacial score (nSPS) is 25.2. The van der Waals surface area contributed by atoms with Crippen molar-refractivity contribution in [1.29, 1.82) is 0 Å². The Hall–Kier alpha value is -2.90. The number of benzene rings is 1. The van der Waals surface area contributed by atoms with Crippen molar-refractivity contribution < 1.29 is 9.59 Å². The van der Waals surface area contributed by atoms with Crippen LogP contribution in [0.15, 0.2) is 34.4 Å². The third-order valence-corrected chi connectivity index (χ3v) is 4.63. The Balaban J connectivity index is 1.55. The highest BCUT2D eigenvalue weighted by Crippen LogP contribution is 2.27. The number of nitrogens with two attached hydrogens (primary N) is 1. The molecule has 0 radical (unpaired) electrons. The molecule has 130 valence electrons. The van der Waals surface area contributed by atoms with Crippen LogP contribution in [-0.2, 0) is 11.2 Å². The Labute approximate surface area is 144 Å². The summed E-state index contributed by atoms with van der Waals surface area (Å²) in [5.41, 5.74) is 15.3. The van der Waals surface area contributed by atoms with Gasteiger partial charge in [-0.1, -0.05) is 24.3 Å². The van der Waals surface area contributed by atoms with E-state index in [9.17, 15) is 9.59 Å². The molecule has 2 heterocycles. The van der Waals surface area contributed by atoms with Crippen molar-refractivity contribution in [3.63, 3.8) is 0 Å². The molecule has 2 unspecified atom stereocenters. The van der Waals surface area contributed by atoms with Crippen molar-refractivity contribution in [2.24, 2.45) is 27.7 Å². The summed E-state index contributed by atoms with van der Waals surface area (Å²) in [7, 11) is 0. The number of nitrogens with zero attached hydrogens (tertiary/aromatic N) is 4. The second-order valence-electron chi connectivity index (χ2n) is 6.30. The van der Waals surface area contributed by atoms with Crippen LogP contribution in [0.1, 0.15) is 28.8 Å². The lowest BCUT2D eigenvalue weighted by atomic mass is 9.83. The van der Waals surface area contributed by atoms with Gasteiger partial charge < -0.3 is 5.73 Å². The van der Waals surface area contributed by atoms with Crippen LogP contribution in [0.5, 0.6) is 0 Å². The lowest BCUT2D eigenvalue weighted by Gasteiger charge is -2.36. The molecule has 3 atom stereocenters. The summed E-state index contributed by atoms with van der Waals surface area (Å²) in [6, 6.07) is 7.04. The molecule has 0 bridgehead atoms. The molecule has 9 heteroatoms. The maximum atomic E-state index is 12.0. The van der Waals surface area contributed by atoms with Gasteiger partial charge in [0.05, 0.1) is 5.92 Å². The molecule has 1 fully saturated rings. The van der Waals surface area contributed by atoms with E-state index in [-0.39, 0.29) is 24.0 Å². The zero-order valence-corrected chi connectivity index (χ0v) is 13.6. The number of rotatable bonds is 4. The minimum absolute atomic E-state index is 0.0735. The molecule has 25 heavy (non-hydrogen) atoms. The Morgan fingerprint density at radius 1 is 1.40 bits per heavy atom. The SMILES string of the molecule is [N-]=[N+]=NC(=O)c1ccc(CC[C@@H]2CNC3N=C(N)NC(=O)C3C2)cc1. The predicted octanol–water partition coefficient (Wildman–Crippen LogP) is 1.07.